The molecule has 0 spiro atoms. The number of hydrogen-bond acceptors (Lipinski definition) is 2. The van der Waals surface area contributed by atoms with E-state index in [1.165, 1.54) is 18.6 Å². The normalized spacial score (nSPS) is 19.3. The van der Waals surface area contributed by atoms with Crippen LogP contribution in [-0.4, -0.2) is 23.5 Å². The van der Waals surface area contributed by atoms with Crippen LogP contribution in [0.25, 0.3) is 0 Å². The second-order valence-corrected chi connectivity index (χ2v) is 6.64. The summed E-state index contributed by atoms with van der Waals surface area (Å²) < 4.78 is 0.807. The molecule has 1 aromatic rings. The van der Waals surface area contributed by atoms with Crippen LogP contribution < -0.4 is 5.32 Å². The lowest BCUT2D eigenvalue weighted by Crippen LogP contribution is -2.29. The Kier molecular flexibility index (Phi) is 4.77. The Morgan fingerprint density at radius 2 is 2.41 bits per heavy atom. The molecule has 0 aliphatic carbocycles. The predicted octanol–water partition coefficient (Wildman–Crippen LogP) is 3.73. The summed E-state index contributed by atoms with van der Waals surface area (Å²) in [5, 5.41) is 4.09. The molecule has 17 heavy (non-hydrogen) atoms. The van der Waals surface area contributed by atoms with Gasteiger partial charge in [0.1, 0.15) is 0 Å². The number of rotatable bonds is 3. The van der Waals surface area contributed by atoms with Gasteiger partial charge in [0.25, 0.3) is 5.91 Å². The molecule has 1 aromatic carbocycles. The Bertz CT molecular complexity index is 421. The minimum Gasteiger partial charge on any atom is -0.351 e. The molecule has 0 saturated carbocycles. The summed E-state index contributed by atoms with van der Waals surface area (Å²) in [6, 6.07) is 5.25. The lowest BCUT2D eigenvalue weighted by atomic mass is 10.2. The van der Waals surface area contributed by atoms with Crippen LogP contribution in [0.3, 0.4) is 0 Å². The highest BCUT2D eigenvalue weighted by atomic mass is 79.9. The molecule has 5 heteroatoms. The Balaban J connectivity index is 1.92. The number of carbonyl (C=O) groups is 1. The zero-order chi connectivity index (χ0) is 12.3. The summed E-state index contributed by atoms with van der Waals surface area (Å²) in [4.78, 5) is 11.9. The lowest BCUT2D eigenvalue weighted by molar-refractivity contribution is 0.0953. The van der Waals surface area contributed by atoms with Gasteiger partial charge in [0.05, 0.1) is 5.02 Å². The Morgan fingerprint density at radius 1 is 1.59 bits per heavy atom. The molecular formula is C12H13BrClNOS. The third kappa shape index (κ3) is 3.63. The van der Waals surface area contributed by atoms with Crippen molar-refractivity contribution in [1.82, 2.24) is 5.32 Å². The monoisotopic (exact) mass is 333 g/mol. The van der Waals surface area contributed by atoms with Crippen LogP contribution in [0.1, 0.15) is 23.2 Å². The second-order valence-electron chi connectivity index (χ2n) is 3.97. The maximum atomic E-state index is 11.9. The molecule has 0 radical (unpaired) electrons. The molecular weight excluding hydrogens is 322 g/mol. The van der Waals surface area contributed by atoms with Gasteiger partial charge in [0.2, 0.25) is 0 Å². The highest BCUT2D eigenvalue weighted by Crippen LogP contribution is 2.26. The van der Waals surface area contributed by atoms with Gasteiger partial charge in [0.15, 0.2) is 0 Å². The number of amides is 1. The zero-order valence-corrected chi connectivity index (χ0v) is 12.4. The average molecular weight is 335 g/mol. The molecule has 1 amide bonds. The fraction of sp³-hybridized carbons (Fsp3) is 0.417. The molecule has 0 aromatic heterocycles. The Labute approximate surface area is 119 Å². The molecule has 1 heterocycles. The maximum absolute atomic E-state index is 11.9. The van der Waals surface area contributed by atoms with Gasteiger partial charge in [-0.15, -0.1) is 0 Å². The molecule has 1 N–H and O–H groups in total. The van der Waals surface area contributed by atoms with E-state index in [0.29, 0.717) is 15.8 Å². The van der Waals surface area contributed by atoms with Gasteiger partial charge in [-0.2, -0.15) is 11.8 Å². The fourth-order valence-electron chi connectivity index (χ4n) is 1.75. The van der Waals surface area contributed by atoms with Crippen LogP contribution in [-0.2, 0) is 0 Å². The Hall–Kier alpha value is -0.190. The zero-order valence-electron chi connectivity index (χ0n) is 9.21. The first-order chi connectivity index (χ1) is 8.16. The molecule has 2 nitrogen and oxygen atoms in total. The summed E-state index contributed by atoms with van der Waals surface area (Å²) in [5.74, 6) is 1.16. The highest BCUT2D eigenvalue weighted by molar-refractivity contribution is 9.10. The third-order valence-electron chi connectivity index (χ3n) is 2.70. The molecule has 1 unspecified atom stereocenters. The number of benzene rings is 1. The van der Waals surface area contributed by atoms with E-state index < -0.39 is 0 Å². The summed E-state index contributed by atoms with van der Waals surface area (Å²) in [6.45, 7) is 0.747. The smallest absolute Gasteiger partial charge is 0.251 e. The van der Waals surface area contributed by atoms with Crippen LogP contribution in [0, 0.1) is 0 Å². The molecule has 1 saturated heterocycles. The number of hydrogen-bond donors (Lipinski definition) is 1. The van der Waals surface area contributed by atoms with E-state index in [1.54, 1.807) is 18.2 Å². The van der Waals surface area contributed by atoms with Crippen molar-refractivity contribution >= 4 is 45.2 Å². The first-order valence-corrected chi connectivity index (χ1v) is 7.73. The van der Waals surface area contributed by atoms with Gasteiger partial charge in [-0.3, -0.25) is 4.79 Å². The van der Waals surface area contributed by atoms with E-state index in [9.17, 15) is 4.79 Å². The summed E-state index contributed by atoms with van der Waals surface area (Å²) >= 11 is 11.2. The van der Waals surface area contributed by atoms with E-state index >= 15 is 0 Å². The number of halogens is 2. The van der Waals surface area contributed by atoms with Gasteiger partial charge in [-0.1, -0.05) is 11.6 Å². The van der Waals surface area contributed by atoms with Crippen molar-refractivity contribution in [3.05, 3.63) is 33.3 Å². The van der Waals surface area contributed by atoms with Gasteiger partial charge < -0.3 is 5.32 Å². The molecule has 92 valence electrons. The number of thioether (sulfide) groups is 1. The standard InChI is InChI=1S/C12H13BrClNOS/c13-10-4-3-8(6-11(10)14)12(16)15-7-9-2-1-5-17-9/h3-4,6,9H,1-2,5,7H2,(H,15,16). The van der Waals surface area contributed by atoms with Crippen molar-refractivity contribution in [2.75, 3.05) is 12.3 Å². The number of carbonyl (C=O) groups excluding carboxylic acids is 1. The van der Waals surface area contributed by atoms with Crippen molar-refractivity contribution in [1.29, 1.82) is 0 Å². The van der Waals surface area contributed by atoms with Crippen molar-refractivity contribution in [2.45, 2.75) is 18.1 Å². The van der Waals surface area contributed by atoms with Crippen LogP contribution in [0.15, 0.2) is 22.7 Å². The fourth-order valence-corrected chi connectivity index (χ4v) is 3.38. The Morgan fingerprint density at radius 3 is 3.06 bits per heavy atom. The highest BCUT2D eigenvalue weighted by Gasteiger charge is 2.16. The van der Waals surface area contributed by atoms with Crippen LogP contribution in [0.2, 0.25) is 5.02 Å². The SMILES string of the molecule is O=C(NCC1CCCS1)c1ccc(Br)c(Cl)c1. The van der Waals surface area contributed by atoms with E-state index in [-0.39, 0.29) is 5.91 Å². The minimum atomic E-state index is -0.0492. The van der Waals surface area contributed by atoms with Crippen molar-refractivity contribution in [3.63, 3.8) is 0 Å². The minimum absolute atomic E-state index is 0.0492. The van der Waals surface area contributed by atoms with Gasteiger partial charge in [-0.05, 0) is 52.7 Å². The first-order valence-electron chi connectivity index (χ1n) is 5.51. The topological polar surface area (TPSA) is 29.1 Å². The second kappa shape index (κ2) is 6.12. The van der Waals surface area contributed by atoms with E-state index in [1.807, 2.05) is 11.8 Å². The van der Waals surface area contributed by atoms with E-state index in [0.717, 1.165) is 11.0 Å². The molecule has 1 fully saturated rings. The van der Waals surface area contributed by atoms with Crippen molar-refractivity contribution < 1.29 is 4.79 Å². The molecule has 1 atom stereocenters. The van der Waals surface area contributed by atoms with Gasteiger partial charge in [-0.25, -0.2) is 0 Å². The lowest BCUT2D eigenvalue weighted by Gasteiger charge is -2.10. The number of nitrogens with one attached hydrogen (secondary N) is 1. The summed E-state index contributed by atoms with van der Waals surface area (Å²) in [6.07, 6.45) is 2.46. The summed E-state index contributed by atoms with van der Waals surface area (Å²) in [5.41, 5.74) is 0.612. The van der Waals surface area contributed by atoms with Gasteiger partial charge >= 0.3 is 0 Å². The first kappa shape index (κ1) is 13.2. The van der Waals surface area contributed by atoms with Gasteiger partial charge in [0, 0.05) is 21.8 Å². The maximum Gasteiger partial charge on any atom is 0.251 e. The van der Waals surface area contributed by atoms with Crippen LogP contribution >= 0.6 is 39.3 Å². The van der Waals surface area contributed by atoms with Crippen LogP contribution in [0.4, 0.5) is 0 Å². The van der Waals surface area contributed by atoms with Crippen molar-refractivity contribution in [3.8, 4) is 0 Å². The molecule has 2 rings (SSSR count). The molecule has 1 aliphatic rings. The van der Waals surface area contributed by atoms with Crippen molar-refractivity contribution in [2.24, 2.45) is 0 Å². The largest absolute Gasteiger partial charge is 0.351 e. The summed E-state index contributed by atoms with van der Waals surface area (Å²) in [7, 11) is 0. The van der Waals surface area contributed by atoms with Crippen LogP contribution in [0.5, 0.6) is 0 Å². The molecule has 0 bridgehead atoms. The molecule has 1 aliphatic heterocycles. The predicted molar refractivity (Wildman–Crippen MR) is 77.0 cm³/mol. The average Bonchev–Trinajstić information content (AvgIpc) is 2.82. The van der Waals surface area contributed by atoms with E-state index in [4.69, 9.17) is 11.6 Å². The third-order valence-corrected chi connectivity index (χ3v) is 5.33. The quantitative estimate of drug-likeness (QED) is 0.912. The van der Waals surface area contributed by atoms with E-state index in [2.05, 4.69) is 21.2 Å².